The van der Waals surface area contributed by atoms with Gasteiger partial charge in [-0.2, -0.15) is 0 Å². The Labute approximate surface area is 339 Å². The van der Waals surface area contributed by atoms with E-state index in [4.69, 9.17) is 9.84 Å². The van der Waals surface area contributed by atoms with Crippen LogP contribution in [0.5, 0.6) is 0 Å². The highest BCUT2D eigenvalue weighted by molar-refractivity contribution is 5.72. The number of carboxylic acids is 1. The summed E-state index contributed by atoms with van der Waals surface area (Å²) in [6.45, 7) is 7.53. The third kappa shape index (κ3) is 40.6. The molecule has 0 aromatic carbocycles. The summed E-state index contributed by atoms with van der Waals surface area (Å²) >= 11 is 0. The summed E-state index contributed by atoms with van der Waals surface area (Å²) in [5.41, 5.74) is 0. The zero-order valence-corrected chi connectivity index (χ0v) is 37.2. The number of carbonyl (C=O) groups is 2. The maximum atomic E-state index is 13.6. The molecule has 0 spiro atoms. The molecule has 0 heterocycles. The molecule has 0 aromatic rings. The Bertz CT molecular complexity index is 751. The quantitative estimate of drug-likeness (QED) is 0.0495. The molecule has 1 N–H and O–H groups in total. The standard InChI is InChI=1S/C50H98O4/c1-4-7-10-13-15-16-17-23-26-29-33-38-43-48(50(53)54-46-47(41-36-12-9-6-3)42-37-32-14-11-8-5-2)44-39-34-30-27-24-21-19-18-20-22-25-28-31-35-40-45-49(51)52/h47-48H,4-46H2,1-3H3,(H,51,52). The van der Waals surface area contributed by atoms with Crippen molar-refractivity contribution in [3.05, 3.63) is 0 Å². The van der Waals surface area contributed by atoms with Gasteiger partial charge in [-0.3, -0.25) is 9.59 Å². The van der Waals surface area contributed by atoms with Gasteiger partial charge in [0.15, 0.2) is 0 Å². The van der Waals surface area contributed by atoms with Crippen molar-refractivity contribution >= 4 is 11.9 Å². The molecule has 0 aliphatic heterocycles. The molecule has 0 bridgehead atoms. The zero-order valence-electron chi connectivity index (χ0n) is 37.2. The monoisotopic (exact) mass is 763 g/mol. The van der Waals surface area contributed by atoms with Crippen molar-refractivity contribution in [3.63, 3.8) is 0 Å². The van der Waals surface area contributed by atoms with E-state index in [1.807, 2.05) is 0 Å². The molecule has 0 fully saturated rings. The van der Waals surface area contributed by atoms with E-state index in [1.54, 1.807) is 0 Å². The van der Waals surface area contributed by atoms with Gasteiger partial charge in [-0.15, -0.1) is 0 Å². The van der Waals surface area contributed by atoms with Gasteiger partial charge in [0.1, 0.15) is 0 Å². The van der Waals surface area contributed by atoms with Crippen molar-refractivity contribution in [2.75, 3.05) is 6.61 Å². The topological polar surface area (TPSA) is 63.6 Å². The van der Waals surface area contributed by atoms with Crippen LogP contribution in [0.15, 0.2) is 0 Å². The molecule has 0 radical (unpaired) electrons. The lowest BCUT2D eigenvalue weighted by molar-refractivity contribution is -0.150. The molecule has 322 valence electrons. The highest BCUT2D eigenvalue weighted by Gasteiger charge is 2.21. The second-order valence-electron chi connectivity index (χ2n) is 17.5. The number of hydrogen-bond acceptors (Lipinski definition) is 3. The lowest BCUT2D eigenvalue weighted by atomic mass is 9.93. The maximum Gasteiger partial charge on any atom is 0.308 e. The fourth-order valence-corrected chi connectivity index (χ4v) is 8.28. The Morgan fingerprint density at radius 3 is 0.944 bits per heavy atom. The van der Waals surface area contributed by atoms with Crippen LogP contribution in [0.25, 0.3) is 0 Å². The van der Waals surface area contributed by atoms with Gasteiger partial charge < -0.3 is 9.84 Å². The fraction of sp³-hybridized carbons (Fsp3) is 0.960. The molecule has 2 atom stereocenters. The van der Waals surface area contributed by atoms with Gasteiger partial charge in [0, 0.05) is 6.42 Å². The molecule has 0 aromatic heterocycles. The summed E-state index contributed by atoms with van der Waals surface area (Å²) in [6.07, 6.45) is 53.3. The first-order valence-electron chi connectivity index (χ1n) is 24.9. The van der Waals surface area contributed by atoms with Gasteiger partial charge in [-0.25, -0.2) is 0 Å². The summed E-state index contributed by atoms with van der Waals surface area (Å²) in [5.74, 6) is 0.114. The highest BCUT2D eigenvalue weighted by atomic mass is 16.5. The average molecular weight is 763 g/mol. The molecule has 4 heteroatoms. The van der Waals surface area contributed by atoms with Crippen molar-refractivity contribution < 1.29 is 19.4 Å². The normalized spacial score (nSPS) is 12.6. The van der Waals surface area contributed by atoms with Gasteiger partial charge in [0.2, 0.25) is 0 Å². The molecule has 2 unspecified atom stereocenters. The Kier molecular flexibility index (Phi) is 43.8. The number of rotatable bonds is 46. The molecule has 0 saturated carbocycles. The van der Waals surface area contributed by atoms with Crippen LogP contribution in [-0.4, -0.2) is 23.7 Å². The second-order valence-corrected chi connectivity index (χ2v) is 17.5. The van der Waals surface area contributed by atoms with E-state index in [9.17, 15) is 9.59 Å². The Hall–Kier alpha value is -1.06. The lowest BCUT2D eigenvalue weighted by Gasteiger charge is -2.20. The molecule has 54 heavy (non-hydrogen) atoms. The minimum atomic E-state index is -0.661. The van der Waals surface area contributed by atoms with Crippen LogP contribution in [0.3, 0.4) is 0 Å². The van der Waals surface area contributed by atoms with Crippen molar-refractivity contribution in [2.45, 2.75) is 290 Å². The Balaban J connectivity index is 4.47. The molecule has 0 aliphatic rings. The van der Waals surface area contributed by atoms with Crippen LogP contribution >= 0.6 is 0 Å². The van der Waals surface area contributed by atoms with E-state index < -0.39 is 5.97 Å². The average Bonchev–Trinajstić information content (AvgIpc) is 3.16. The van der Waals surface area contributed by atoms with E-state index in [-0.39, 0.29) is 11.9 Å². The molecular weight excluding hydrogens is 665 g/mol. The highest BCUT2D eigenvalue weighted by Crippen LogP contribution is 2.24. The second kappa shape index (κ2) is 44.7. The largest absolute Gasteiger partial charge is 0.481 e. The Morgan fingerprint density at radius 2 is 0.630 bits per heavy atom. The van der Waals surface area contributed by atoms with Crippen LogP contribution in [-0.2, 0) is 14.3 Å². The van der Waals surface area contributed by atoms with Gasteiger partial charge in [-0.05, 0) is 38.0 Å². The molecule has 0 rings (SSSR count). The predicted octanol–water partition coefficient (Wildman–Crippen LogP) is 17.3. The summed E-state index contributed by atoms with van der Waals surface area (Å²) in [6, 6.07) is 0. The fourth-order valence-electron chi connectivity index (χ4n) is 8.28. The lowest BCUT2D eigenvalue weighted by Crippen LogP contribution is -2.22. The molecule has 0 amide bonds. The summed E-state index contributed by atoms with van der Waals surface area (Å²) in [4.78, 5) is 24.2. The van der Waals surface area contributed by atoms with Gasteiger partial charge in [0.25, 0.3) is 0 Å². The number of ether oxygens (including phenoxy) is 1. The number of esters is 1. The first-order valence-corrected chi connectivity index (χ1v) is 24.9. The van der Waals surface area contributed by atoms with E-state index in [0.29, 0.717) is 18.9 Å². The first-order chi connectivity index (χ1) is 26.5. The number of carboxylic acid groups (broad SMARTS) is 1. The summed E-state index contributed by atoms with van der Waals surface area (Å²) < 4.78 is 6.21. The molecular formula is C50H98O4. The van der Waals surface area contributed by atoms with E-state index in [0.717, 1.165) is 25.7 Å². The van der Waals surface area contributed by atoms with Gasteiger partial charge >= 0.3 is 11.9 Å². The minimum absolute atomic E-state index is 0.104. The van der Waals surface area contributed by atoms with Crippen LogP contribution in [0.1, 0.15) is 290 Å². The van der Waals surface area contributed by atoms with Crippen LogP contribution in [0.2, 0.25) is 0 Å². The van der Waals surface area contributed by atoms with Crippen molar-refractivity contribution in [1.82, 2.24) is 0 Å². The van der Waals surface area contributed by atoms with Crippen molar-refractivity contribution in [2.24, 2.45) is 11.8 Å². The molecule has 0 aliphatic carbocycles. The summed E-state index contributed by atoms with van der Waals surface area (Å²) in [5, 5.41) is 8.73. The molecule has 0 saturated heterocycles. The van der Waals surface area contributed by atoms with E-state index in [1.165, 1.54) is 238 Å². The van der Waals surface area contributed by atoms with Crippen LogP contribution in [0, 0.1) is 11.8 Å². The number of unbranched alkanes of at least 4 members (excludes halogenated alkanes) is 33. The van der Waals surface area contributed by atoms with Crippen LogP contribution in [0.4, 0.5) is 0 Å². The van der Waals surface area contributed by atoms with Crippen molar-refractivity contribution in [1.29, 1.82) is 0 Å². The van der Waals surface area contributed by atoms with Gasteiger partial charge in [0.05, 0.1) is 12.5 Å². The van der Waals surface area contributed by atoms with Crippen molar-refractivity contribution in [3.8, 4) is 0 Å². The predicted molar refractivity (Wildman–Crippen MR) is 237 cm³/mol. The van der Waals surface area contributed by atoms with E-state index in [2.05, 4.69) is 20.8 Å². The Morgan fingerprint density at radius 1 is 0.370 bits per heavy atom. The minimum Gasteiger partial charge on any atom is -0.481 e. The van der Waals surface area contributed by atoms with Gasteiger partial charge in [-0.1, -0.05) is 252 Å². The molecule has 4 nitrogen and oxygen atoms in total. The smallest absolute Gasteiger partial charge is 0.308 e. The zero-order chi connectivity index (χ0) is 39.4. The summed E-state index contributed by atoms with van der Waals surface area (Å²) in [7, 11) is 0. The third-order valence-corrected chi connectivity index (χ3v) is 12.1. The SMILES string of the molecule is CCCCCCCCCCCCCCC(CCCCCCCCCCCCCCCCCC(=O)O)C(=O)OCC(CCCCCC)CCCCCCCC. The first kappa shape index (κ1) is 52.9. The number of carbonyl (C=O) groups excluding carboxylic acids is 1. The van der Waals surface area contributed by atoms with E-state index >= 15 is 0 Å². The van der Waals surface area contributed by atoms with Crippen LogP contribution < -0.4 is 0 Å². The number of aliphatic carboxylic acids is 1. The maximum absolute atomic E-state index is 13.6. The number of hydrogen-bond donors (Lipinski definition) is 1. The third-order valence-electron chi connectivity index (χ3n) is 12.1.